The number of nitrogens with two attached hydrogens (primary N) is 1. The number of esters is 1. The van der Waals surface area contributed by atoms with E-state index in [2.05, 4.69) is 10.8 Å². The molecule has 0 aliphatic rings. The first-order chi connectivity index (χ1) is 13.1. The highest BCUT2D eigenvalue weighted by molar-refractivity contribution is 5.76. The summed E-state index contributed by atoms with van der Waals surface area (Å²) in [7, 11) is 1.32. The maximum atomic E-state index is 11.3. The summed E-state index contributed by atoms with van der Waals surface area (Å²) in [4.78, 5) is 20.2. The summed E-state index contributed by atoms with van der Waals surface area (Å²) in [5, 5.41) is 16.2. The largest absolute Gasteiger partial charge is 0.490 e. The minimum atomic E-state index is -5.08. The lowest BCUT2D eigenvalue weighted by molar-refractivity contribution is -0.192. The van der Waals surface area contributed by atoms with Crippen molar-refractivity contribution in [1.29, 1.82) is 5.26 Å². The van der Waals surface area contributed by atoms with Crippen LogP contribution in [0.2, 0.25) is 0 Å². The van der Waals surface area contributed by atoms with Crippen LogP contribution in [-0.2, 0) is 20.7 Å². The third kappa shape index (κ3) is 6.74. The van der Waals surface area contributed by atoms with Crippen LogP contribution in [0.5, 0.6) is 0 Å². The normalized spacial score (nSPS) is 11.4. The summed E-state index contributed by atoms with van der Waals surface area (Å²) in [6.45, 7) is 0. The predicted molar refractivity (Wildman–Crippen MR) is 94.0 cm³/mol. The van der Waals surface area contributed by atoms with E-state index in [9.17, 15) is 18.0 Å². The molecule has 0 aliphatic heterocycles. The molecule has 0 saturated carbocycles. The molecule has 6 nitrogen and oxygen atoms in total. The number of benzene rings is 2. The highest BCUT2D eigenvalue weighted by Crippen LogP contribution is 2.23. The van der Waals surface area contributed by atoms with E-state index in [0.717, 1.165) is 16.7 Å². The molecular formula is C19H17F3N2O4. The Labute approximate surface area is 159 Å². The average Bonchev–Trinajstić information content (AvgIpc) is 2.67. The smallest absolute Gasteiger partial charge is 0.475 e. The molecule has 9 heteroatoms. The number of halogens is 3. The minimum Gasteiger partial charge on any atom is -0.475 e. The van der Waals surface area contributed by atoms with Gasteiger partial charge in [0.2, 0.25) is 0 Å². The third-order valence-electron chi connectivity index (χ3n) is 3.51. The van der Waals surface area contributed by atoms with E-state index in [0.29, 0.717) is 12.0 Å². The molecule has 2 rings (SSSR count). The lowest BCUT2D eigenvalue weighted by Gasteiger charge is -2.10. The number of carbonyl (C=O) groups excluding carboxylic acids is 1. The van der Waals surface area contributed by atoms with Crippen molar-refractivity contribution < 1.29 is 32.6 Å². The number of alkyl halides is 3. The van der Waals surface area contributed by atoms with Crippen LogP contribution in [0.4, 0.5) is 13.2 Å². The highest BCUT2D eigenvalue weighted by Gasteiger charge is 2.38. The van der Waals surface area contributed by atoms with E-state index in [1.54, 1.807) is 6.07 Å². The van der Waals surface area contributed by atoms with E-state index in [-0.39, 0.29) is 0 Å². The number of carboxylic acids is 1. The fraction of sp³-hybridized carbons (Fsp3) is 0.211. The third-order valence-corrected chi connectivity index (χ3v) is 3.51. The first-order valence-corrected chi connectivity index (χ1v) is 7.82. The molecule has 0 bridgehead atoms. The van der Waals surface area contributed by atoms with Gasteiger partial charge in [-0.15, -0.1) is 0 Å². The molecule has 3 N–H and O–H groups in total. The molecule has 2 aromatic rings. The quantitative estimate of drug-likeness (QED) is 0.771. The highest BCUT2D eigenvalue weighted by atomic mass is 19.4. The second-order valence-corrected chi connectivity index (χ2v) is 5.49. The van der Waals surface area contributed by atoms with Crippen molar-refractivity contribution in [3.63, 3.8) is 0 Å². The van der Waals surface area contributed by atoms with Crippen molar-refractivity contribution in [2.45, 2.75) is 18.6 Å². The summed E-state index contributed by atoms with van der Waals surface area (Å²) in [5.74, 6) is -3.18. The van der Waals surface area contributed by atoms with Crippen LogP contribution >= 0.6 is 0 Å². The Hall–Kier alpha value is -3.38. The fourth-order valence-electron chi connectivity index (χ4n) is 2.14. The molecule has 0 unspecified atom stereocenters. The van der Waals surface area contributed by atoms with Gasteiger partial charge in [-0.2, -0.15) is 18.4 Å². The maximum Gasteiger partial charge on any atom is 0.490 e. The first-order valence-electron chi connectivity index (χ1n) is 7.82. The SMILES string of the molecule is COC(=O)[C@@H](N)Cc1ccc(-c2ccccc2C#N)cc1.O=C(O)C(F)(F)F. The van der Waals surface area contributed by atoms with E-state index in [1.165, 1.54) is 7.11 Å². The van der Waals surface area contributed by atoms with Gasteiger partial charge in [-0.1, -0.05) is 42.5 Å². The maximum absolute atomic E-state index is 11.3. The van der Waals surface area contributed by atoms with Gasteiger partial charge in [-0.05, 0) is 29.2 Å². The van der Waals surface area contributed by atoms with Crippen molar-refractivity contribution in [3.8, 4) is 17.2 Å². The Morgan fingerprint density at radius 3 is 2.18 bits per heavy atom. The van der Waals surface area contributed by atoms with Crippen LogP contribution in [-0.4, -0.2) is 36.4 Å². The van der Waals surface area contributed by atoms with Crippen LogP contribution in [0.1, 0.15) is 11.1 Å². The Kier molecular flexibility index (Phi) is 8.16. The molecular weight excluding hydrogens is 377 g/mol. The van der Waals surface area contributed by atoms with Gasteiger partial charge >= 0.3 is 18.1 Å². The van der Waals surface area contributed by atoms with Gasteiger partial charge in [0.05, 0.1) is 18.7 Å². The van der Waals surface area contributed by atoms with E-state index in [4.69, 9.17) is 20.9 Å². The molecule has 0 fully saturated rings. The number of carboxylic acid groups (broad SMARTS) is 1. The molecule has 2 aromatic carbocycles. The molecule has 1 atom stereocenters. The summed E-state index contributed by atoms with van der Waals surface area (Å²) < 4.78 is 36.3. The molecule has 0 amide bonds. The van der Waals surface area contributed by atoms with Gasteiger partial charge in [-0.3, -0.25) is 4.79 Å². The summed E-state index contributed by atoms with van der Waals surface area (Å²) in [5.41, 5.74) is 9.18. The van der Waals surface area contributed by atoms with Gasteiger partial charge in [0.1, 0.15) is 6.04 Å². The van der Waals surface area contributed by atoms with E-state index >= 15 is 0 Å². The summed E-state index contributed by atoms with van der Waals surface area (Å²) in [6.07, 6.45) is -4.66. The molecule has 0 spiro atoms. The van der Waals surface area contributed by atoms with Crippen LogP contribution in [0.25, 0.3) is 11.1 Å². The number of carbonyl (C=O) groups is 2. The topological polar surface area (TPSA) is 113 Å². The van der Waals surface area contributed by atoms with Crippen LogP contribution in [0.3, 0.4) is 0 Å². The molecule has 0 aromatic heterocycles. The van der Waals surface area contributed by atoms with Crippen LogP contribution < -0.4 is 5.73 Å². The fourth-order valence-corrected chi connectivity index (χ4v) is 2.14. The second-order valence-electron chi connectivity index (χ2n) is 5.49. The first kappa shape index (κ1) is 22.7. The number of aliphatic carboxylic acids is 1. The number of nitrogens with zero attached hydrogens (tertiary/aromatic N) is 1. The zero-order valence-corrected chi connectivity index (χ0v) is 14.7. The number of hydrogen-bond donors (Lipinski definition) is 2. The van der Waals surface area contributed by atoms with Crippen molar-refractivity contribution in [2.24, 2.45) is 5.73 Å². The summed E-state index contributed by atoms with van der Waals surface area (Å²) >= 11 is 0. The zero-order chi connectivity index (χ0) is 21.3. The van der Waals surface area contributed by atoms with Crippen LogP contribution in [0.15, 0.2) is 48.5 Å². The molecule has 0 radical (unpaired) electrons. The molecule has 148 valence electrons. The number of rotatable bonds is 4. The Balaban J connectivity index is 0.000000480. The monoisotopic (exact) mass is 394 g/mol. The van der Waals surface area contributed by atoms with Gasteiger partial charge in [-0.25, -0.2) is 4.79 Å². The van der Waals surface area contributed by atoms with Crippen LogP contribution in [0, 0.1) is 11.3 Å². The molecule has 0 heterocycles. The number of nitriles is 1. The number of hydrogen-bond acceptors (Lipinski definition) is 5. The van der Waals surface area contributed by atoms with Gasteiger partial charge in [0.25, 0.3) is 0 Å². The minimum absolute atomic E-state index is 0.422. The Morgan fingerprint density at radius 1 is 1.18 bits per heavy atom. The predicted octanol–water partition coefficient (Wildman–Crippen LogP) is 2.90. The van der Waals surface area contributed by atoms with E-state index in [1.807, 2.05) is 42.5 Å². The van der Waals surface area contributed by atoms with Crippen molar-refractivity contribution in [1.82, 2.24) is 0 Å². The molecule has 0 aliphatic carbocycles. The lowest BCUT2D eigenvalue weighted by Crippen LogP contribution is -2.33. The van der Waals surface area contributed by atoms with Gasteiger partial charge in [0, 0.05) is 0 Å². The number of ether oxygens (including phenoxy) is 1. The van der Waals surface area contributed by atoms with Gasteiger partial charge < -0.3 is 15.6 Å². The lowest BCUT2D eigenvalue weighted by atomic mass is 9.98. The average molecular weight is 394 g/mol. The Bertz CT molecular complexity index is 859. The zero-order valence-electron chi connectivity index (χ0n) is 14.7. The summed E-state index contributed by atoms with van der Waals surface area (Å²) in [6, 6.07) is 16.6. The standard InChI is InChI=1S/C17H16N2O2.C2HF3O2/c1-21-17(20)16(19)10-12-6-8-13(9-7-12)15-5-3-2-4-14(15)11-18;3-2(4,5)1(6)7/h2-9,16H,10,19H2,1H3;(H,6,7)/t16-;/m0./s1. The molecule has 28 heavy (non-hydrogen) atoms. The van der Waals surface area contributed by atoms with Crippen molar-refractivity contribution in [2.75, 3.05) is 7.11 Å². The van der Waals surface area contributed by atoms with Gasteiger partial charge in [0.15, 0.2) is 0 Å². The molecule has 0 saturated heterocycles. The van der Waals surface area contributed by atoms with Crippen molar-refractivity contribution in [3.05, 3.63) is 59.7 Å². The second kappa shape index (κ2) is 10.1. The Morgan fingerprint density at radius 2 is 1.71 bits per heavy atom. The van der Waals surface area contributed by atoms with Crippen molar-refractivity contribution >= 4 is 11.9 Å². The number of methoxy groups -OCH3 is 1. The van der Waals surface area contributed by atoms with E-state index < -0.39 is 24.2 Å².